The zero-order valence-electron chi connectivity index (χ0n) is 13.3. The Kier molecular flexibility index (Phi) is 4.52. The van der Waals surface area contributed by atoms with Crippen LogP contribution in [-0.2, 0) is 17.7 Å². The topological polar surface area (TPSA) is 50.8 Å². The van der Waals surface area contributed by atoms with Crippen molar-refractivity contribution in [1.82, 2.24) is 10.2 Å². The van der Waals surface area contributed by atoms with Crippen LogP contribution in [0.3, 0.4) is 0 Å². The molecule has 0 saturated heterocycles. The maximum absolute atomic E-state index is 12.5. The highest BCUT2D eigenvalue weighted by Crippen LogP contribution is 2.33. The summed E-state index contributed by atoms with van der Waals surface area (Å²) in [6.07, 6.45) is 3.22. The summed E-state index contributed by atoms with van der Waals surface area (Å²) in [5.41, 5.74) is 2.40. The molecule has 1 aromatic carbocycles. The summed E-state index contributed by atoms with van der Waals surface area (Å²) in [6, 6.07) is 6.20. The van der Waals surface area contributed by atoms with Crippen molar-refractivity contribution >= 4 is 6.03 Å². The SMILES string of the molecule is COC[C@@H](NC(=O)N1CCc2c(cccc2OC)C1)C1CC1. The van der Waals surface area contributed by atoms with Crippen LogP contribution >= 0.6 is 0 Å². The number of rotatable bonds is 5. The minimum atomic E-state index is 0.0161. The third-order valence-corrected chi connectivity index (χ3v) is 4.58. The van der Waals surface area contributed by atoms with E-state index in [1.54, 1.807) is 14.2 Å². The van der Waals surface area contributed by atoms with Crippen LogP contribution in [0.4, 0.5) is 4.79 Å². The molecule has 0 bridgehead atoms. The average molecular weight is 304 g/mol. The van der Waals surface area contributed by atoms with E-state index in [-0.39, 0.29) is 12.1 Å². The Morgan fingerprint density at radius 2 is 2.23 bits per heavy atom. The number of carbonyl (C=O) groups is 1. The highest BCUT2D eigenvalue weighted by Gasteiger charge is 2.33. The van der Waals surface area contributed by atoms with Crippen molar-refractivity contribution in [1.29, 1.82) is 0 Å². The van der Waals surface area contributed by atoms with Crippen molar-refractivity contribution in [2.24, 2.45) is 5.92 Å². The van der Waals surface area contributed by atoms with Gasteiger partial charge in [0.2, 0.25) is 0 Å². The quantitative estimate of drug-likeness (QED) is 0.907. The van der Waals surface area contributed by atoms with Gasteiger partial charge in [0.25, 0.3) is 0 Å². The highest BCUT2D eigenvalue weighted by atomic mass is 16.5. The van der Waals surface area contributed by atoms with Gasteiger partial charge in [-0.1, -0.05) is 12.1 Å². The monoisotopic (exact) mass is 304 g/mol. The van der Waals surface area contributed by atoms with Crippen LogP contribution in [0.1, 0.15) is 24.0 Å². The molecule has 0 spiro atoms. The maximum Gasteiger partial charge on any atom is 0.318 e. The predicted octanol–water partition coefficient (Wildman–Crippen LogP) is 2.19. The van der Waals surface area contributed by atoms with Gasteiger partial charge >= 0.3 is 6.03 Å². The summed E-state index contributed by atoms with van der Waals surface area (Å²) in [5, 5.41) is 3.14. The number of carbonyl (C=O) groups excluding carboxylic acids is 1. The van der Waals surface area contributed by atoms with Crippen LogP contribution in [0.25, 0.3) is 0 Å². The Balaban J connectivity index is 1.65. The molecule has 22 heavy (non-hydrogen) atoms. The number of hydrogen-bond donors (Lipinski definition) is 1. The van der Waals surface area contributed by atoms with Gasteiger partial charge in [-0.25, -0.2) is 4.79 Å². The molecule has 1 saturated carbocycles. The van der Waals surface area contributed by atoms with Crippen LogP contribution in [0.5, 0.6) is 5.75 Å². The maximum atomic E-state index is 12.5. The molecular weight excluding hydrogens is 280 g/mol. The second kappa shape index (κ2) is 6.57. The fourth-order valence-corrected chi connectivity index (χ4v) is 3.16. The van der Waals surface area contributed by atoms with Gasteiger partial charge in [0, 0.05) is 25.8 Å². The third-order valence-electron chi connectivity index (χ3n) is 4.58. The first-order valence-corrected chi connectivity index (χ1v) is 7.92. The number of benzene rings is 1. The Hall–Kier alpha value is -1.75. The molecule has 0 aromatic heterocycles. The molecule has 0 radical (unpaired) electrons. The fourth-order valence-electron chi connectivity index (χ4n) is 3.16. The zero-order chi connectivity index (χ0) is 15.5. The number of hydrogen-bond acceptors (Lipinski definition) is 3. The van der Waals surface area contributed by atoms with E-state index < -0.39 is 0 Å². The van der Waals surface area contributed by atoms with Crippen LogP contribution < -0.4 is 10.1 Å². The molecule has 1 aromatic rings. The normalized spacial score (nSPS) is 18.5. The highest BCUT2D eigenvalue weighted by molar-refractivity contribution is 5.75. The lowest BCUT2D eigenvalue weighted by Crippen LogP contribution is -2.48. The van der Waals surface area contributed by atoms with Crippen molar-refractivity contribution in [2.45, 2.75) is 31.8 Å². The van der Waals surface area contributed by atoms with E-state index in [2.05, 4.69) is 11.4 Å². The zero-order valence-corrected chi connectivity index (χ0v) is 13.3. The molecule has 1 heterocycles. The fraction of sp³-hybridized carbons (Fsp3) is 0.588. The number of ether oxygens (including phenoxy) is 2. The molecule has 1 N–H and O–H groups in total. The summed E-state index contributed by atoms with van der Waals surface area (Å²) in [7, 11) is 3.38. The van der Waals surface area contributed by atoms with Crippen molar-refractivity contribution in [3.63, 3.8) is 0 Å². The summed E-state index contributed by atoms with van der Waals surface area (Å²) < 4.78 is 10.6. The molecule has 2 aliphatic rings. The van der Waals surface area contributed by atoms with E-state index >= 15 is 0 Å². The molecule has 3 rings (SSSR count). The smallest absolute Gasteiger partial charge is 0.318 e. The van der Waals surface area contributed by atoms with Crippen molar-refractivity contribution < 1.29 is 14.3 Å². The second-order valence-corrected chi connectivity index (χ2v) is 6.12. The van der Waals surface area contributed by atoms with Crippen molar-refractivity contribution in [2.75, 3.05) is 27.4 Å². The number of amides is 2. The number of urea groups is 1. The van der Waals surface area contributed by atoms with Gasteiger partial charge in [-0.05, 0) is 36.8 Å². The summed E-state index contributed by atoms with van der Waals surface area (Å²) in [4.78, 5) is 14.4. The van der Waals surface area contributed by atoms with E-state index in [1.807, 2.05) is 17.0 Å². The van der Waals surface area contributed by atoms with E-state index in [1.165, 1.54) is 24.0 Å². The van der Waals surface area contributed by atoms with Crippen LogP contribution in [0.2, 0.25) is 0 Å². The van der Waals surface area contributed by atoms with Crippen molar-refractivity contribution in [3.8, 4) is 5.75 Å². The van der Waals surface area contributed by atoms with E-state index in [0.29, 0.717) is 19.1 Å². The lowest BCUT2D eigenvalue weighted by molar-refractivity contribution is 0.145. The standard InChI is InChI=1S/C17H24N2O3/c1-21-11-15(12-6-7-12)18-17(20)19-9-8-14-13(10-19)4-3-5-16(14)22-2/h3-5,12,15H,6-11H2,1-2H3,(H,18,20)/t15-/m1/s1. The van der Waals surface area contributed by atoms with Gasteiger partial charge in [-0.2, -0.15) is 0 Å². The number of nitrogens with zero attached hydrogens (tertiary/aromatic N) is 1. The first kappa shape index (κ1) is 15.2. The van der Waals surface area contributed by atoms with Crippen LogP contribution in [0.15, 0.2) is 18.2 Å². The molecule has 0 unspecified atom stereocenters. The molecule has 1 aliphatic carbocycles. The average Bonchev–Trinajstić information content (AvgIpc) is 3.38. The van der Waals surface area contributed by atoms with Crippen molar-refractivity contribution in [3.05, 3.63) is 29.3 Å². The Morgan fingerprint density at radius 1 is 1.41 bits per heavy atom. The second-order valence-electron chi connectivity index (χ2n) is 6.12. The van der Waals surface area contributed by atoms with Gasteiger partial charge in [0.15, 0.2) is 0 Å². The molecule has 1 atom stereocenters. The number of nitrogens with one attached hydrogen (secondary N) is 1. The van der Waals surface area contributed by atoms with Gasteiger partial charge in [0.1, 0.15) is 5.75 Å². The summed E-state index contributed by atoms with van der Waals surface area (Å²) >= 11 is 0. The van der Waals surface area contributed by atoms with Gasteiger partial charge in [0.05, 0.1) is 19.8 Å². The Bertz CT molecular complexity index is 543. The molecule has 2 amide bonds. The molecule has 1 fully saturated rings. The molecule has 5 heteroatoms. The number of fused-ring (bicyclic) bond motifs is 1. The van der Waals surface area contributed by atoms with Crippen LogP contribution in [0, 0.1) is 5.92 Å². The minimum absolute atomic E-state index is 0.0161. The lowest BCUT2D eigenvalue weighted by Gasteiger charge is -2.31. The Morgan fingerprint density at radius 3 is 2.91 bits per heavy atom. The van der Waals surface area contributed by atoms with Crippen LogP contribution in [-0.4, -0.2) is 44.3 Å². The van der Waals surface area contributed by atoms with Gasteiger partial charge < -0.3 is 19.7 Å². The molecule has 120 valence electrons. The predicted molar refractivity (Wildman–Crippen MR) is 84.0 cm³/mol. The van der Waals surface area contributed by atoms with E-state index in [9.17, 15) is 4.79 Å². The number of methoxy groups -OCH3 is 2. The molecule has 1 aliphatic heterocycles. The molecular formula is C17H24N2O3. The summed E-state index contributed by atoms with van der Waals surface area (Å²) in [5.74, 6) is 1.51. The van der Waals surface area contributed by atoms with E-state index in [4.69, 9.17) is 9.47 Å². The molecule has 5 nitrogen and oxygen atoms in total. The summed E-state index contributed by atoms with van der Waals surface area (Å²) in [6.45, 7) is 1.96. The first-order chi connectivity index (χ1) is 10.7. The van der Waals surface area contributed by atoms with E-state index in [0.717, 1.165) is 18.7 Å². The lowest BCUT2D eigenvalue weighted by atomic mass is 9.99. The van der Waals surface area contributed by atoms with Gasteiger partial charge in [-0.15, -0.1) is 0 Å². The third kappa shape index (κ3) is 3.19. The van der Waals surface area contributed by atoms with Gasteiger partial charge in [-0.3, -0.25) is 0 Å². The minimum Gasteiger partial charge on any atom is -0.496 e. The first-order valence-electron chi connectivity index (χ1n) is 7.92. The Labute approximate surface area is 131 Å². The largest absolute Gasteiger partial charge is 0.496 e.